The van der Waals surface area contributed by atoms with Crippen LogP contribution in [0.25, 0.3) is 0 Å². The summed E-state index contributed by atoms with van der Waals surface area (Å²) < 4.78 is 17.0. The van der Waals surface area contributed by atoms with Gasteiger partial charge in [-0.15, -0.1) is 12.1 Å². The molecule has 0 heterocycles. The molecule has 10 heavy (non-hydrogen) atoms. The zero-order valence-corrected chi connectivity index (χ0v) is 8.43. The van der Waals surface area contributed by atoms with E-state index in [4.69, 9.17) is 4.74 Å². The van der Waals surface area contributed by atoms with E-state index in [0.717, 1.165) is 0 Å². The fourth-order valence-electron chi connectivity index (χ4n) is 0.536. The maximum atomic E-state index is 12.3. The maximum absolute atomic E-state index is 12.3. The van der Waals surface area contributed by atoms with Crippen molar-refractivity contribution in [2.75, 3.05) is 7.11 Å². The molecule has 0 fully saturated rings. The van der Waals surface area contributed by atoms with Crippen molar-refractivity contribution >= 4 is 0 Å². The quantitative estimate of drug-likeness (QED) is 0.645. The van der Waals surface area contributed by atoms with Gasteiger partial charge in [-0.05, 0) is 0 Å². The molecule has 1 rings (SSSR count). The van der Waals surface area contributed by atoms with Crippen LogP contribution in [0.15, 0.2) is 18.2 Å². The van der Waals surface area contributed by atoms with Crippen LogP contribution < -0.4 is 4.74 Å². The summed E-state index contributed by atoms with van der Waals surface area (Å²) in [6, 6.07) is 6.78. The van der Waals surface area contributed by atoms with E-state index in [-0.39, 0.29) is 38.5 Å². The minimum absolute atomic E-state index is 0. The topological polar surface area (TPSA) is 9.23 Å². The third-order valence-corrected chi connectivity index (χ3v) is 0.957. The van der Waals surface area contributed by atoms with Crippen molar-refractivity contribution in [1.29, 1.82) is 0 Å². The van der Waals surface area contributed by atoms with Crippen LogP contribution in [0.2, 0.25) is 0 Å². The number of benzene rings is 1. The van der Waals surface area contributed by atoms with E-state index in [0.29, 0.717) is 5.75 Å². The summed E-state index contributed by atoms with van der Waals surface area (Å²) in [7, 11) is 1.48. The van der Waals surface area contributed by atoms with Crippen LogP contribution in [0.5, 0.6) is 5.75 Å². The molecular weight excluding hydrogens is 208 g/mol. The SMILES string of the molecule is COc1[c-]ccc(F)c1.[Y]. The van der Waals surface area contributed by atoms with E-state index in [1.54, 1.807) is 0 Å². The first kappa shape index (κ1) is 10.1. The third kappa shape index (κ3) is 2.76. The Morgan fingerprint density at radius 3 is 2.70 bits per heavy atom. The second-order valence-corrected chi connectivity index (χ2v) is 1.58. The Labute approximate surface area is 84.5 Å². The molecule has 0 unspecified atom stereocenters. The molecule has 0 aliphatic carbocycles. The molecule has 3 heteroatoms. The molecule has 1 aromatic rings. The first-order valence-electron chi connectivity index (χ1n) is 2.54. The van der Waals surface area contributed by atoms with Crippen LogP contribution >= 0.6 is 0 Å². The maximum Gasteiger partial charge on any atom is 0.0743 e. The molecule has 1 aromatic carbocycles. The zero-order valence-electron chi connectivity index (χ0n) is 5.60. The van der Waals surface area contributed by atoms with Gasteiger partial charge in [0.1, 0.15) is 0 Å². The van der Waals surface area contributed by atoms with Crippen molar-refractivity contribution in [3.05, 3.63) is 30.1 Å². The molecule has 0 spiro atoms. The molecule has 51 valence electrons. The number of rotatable bonds is 1. The van der Waals surface area contributed by atoms with Gasteiger partial charge in [0.2, 0.25) is 0 Å². The Bertz CT molecular complexity index is 203. The first-order chi connectivity index (χ1) is 4.33. The van der Waals surface area contributed by atoms with E-state index in [1.807, 2.05) is 0 Å². The molecule has 0 N–H and O–H groups in total. The minimum Gasteiger partial charge on any atom is -0.523 e. The molecule has 0 aromatic heterocycles. The monoisotopic (exact) mass is 214 g/mol. The van der Waals surface area contributed by atoms with Crippen molar-refractivity contribution in [1.82, 2.24) is 0 Å². The molecule has 1 radical (unpaired) electrons. The largest absolute Gasteiger partial charge is 0.523 e. The van der Waals surface area contributed by atoms with Gasteiger partial charge in [-0.25, -0.2) is 4.39 Å². The van der Waals surface area contributed by atoms with Crippen LogP contribution in [0.1, 0.15) is 0 Å². The molecule has 0 bridgehead atoms. The second kappa shape index (κ2) is 4.81. The fraction of sp³-hybridized carbons (Fsp3) is 0.143. The van der Waals surface area contributed by atoms with Crippen LogP contribution in [-0.4, -0.2) is 7.11 Å². The summed E-state index contributed by atoms with van der Waals surface area (Å²) in [4.78, 5) is 0. The number of hydrogen-bond acceptors (Lipinski definition) is 1. The Hall–Kier alpha value is 0.0539. The van der Waals surface area contributed by atoms with Gasteiger partial charge in [0.25, 0.3) is 0 Å². The van der Waals surface area contributed by atoms with Crippen molar-refractivity contribution < 1.29 is 41.8 Å². The van der Waals surface area contributed by atoms with Gasteiger partial charge in [-0.1, -0.05) is 6.07 Å². The Balaban J connectivity index is 0.000000810. The van der Waals surface area contributed by atoms with Crippen LogP contribution in [0.3, 0.4) is 0 Å². The van der Waals surface area contributed by atoms with Gasteiger partial charge in [0, 0.05) is 44.3 Å². The Kier molecular flexibility index (Phi) is 4.83. The second-order valence-electron chi connectivity index (χ2n) is 1.58. The molecule has 0 atom stereocenters. The van der Waals surface area contributed by atoms with Gasteiger partial charge < -0.3 is 4.74 Å². The van der Waals surface area contributed by atoms with Crippen molar-refractivity contribution in [3.63, 3.8) is 0 Å². The molecule has 0 aliphatic rings. The first-order valence-corrected chi connectivity index (χ1v) is 2.54. The smallest absolute Gasteiger partial charge is 0.0743 e. The average molecular weight is 214 g/mol. The Morgan fingerprint density at radius 2 is 2.30 bits per heavy atom. The van der Waals surface area contributed by atoms with Gasteiger partial charge in [0.15, 0.2) is 0 Å². The summed E-state index contributed by atoms with van der Waals surface area (Å²) in [5, 5.41) is 0. The molecule has 1 nitrogen and oxygen atoms in total. The molecule has 0 saturated carbocycles. The number of ether oxygens (including phenoxy) is 1. The van der Waals surface area contributed by atoms with Gasteiger partial charge in [-0.2, -0.15) is 6.07 Å². The standard InChI is InChI=1S/C7H6FO.Y/c1-9-7-4-2-3-6(8)5-7;/h2-3,5H,1H3;/q-1;. The molecule has 0 saturated heterocycles. The number of methoxy groups -OCH3 is 1. The third-order valence-electron chi connectivity index (χ3n) is 0.957. The van der Waals surface area contributed by atoms with Gasteiger partial charge in [-0.3, -0.25) is 0 Å². The number of hydrogen-bond donors (Lipinski definition) is 0. The molecular formula is C7H6FOY-. The van der Waals surface area contributed by atoms with Crippen LogP contribution in [0.4, 0.5) is 4.39 Å². The minimum atomic E-state index is -0.300. The average Bonchev–Trinajstić information content (AvgIpc) is 1.88. The summed E-state index contributed by atoms with van der Waals surface area (Å²) in [5.74, 6) is 0.126. The summed E-state index contributed by atoms with van der Waals surface area (Å²) in [6.07, 6.45) is 0. The zero-order chi connectivity index (χ0) is 6.69. The fourth-order valence-corrected chi connectivity index (χ4v) is 0.536. The predicted molar refractivity (Wildman–Crippen MR) is 31.8 cm³/mol. The predicted octanol–water partition coefficient (Wildman–Crippen LogP) is 1.63. The van der Waals surface area contributed by atoms with E-state index >= 15 is 0 Å². The van der Waals surface area contributed by atoms with E-state index in [1.165, 1.54) is 25.3 Å². The normalized spacial score (nSPS) is 8.20. The summed E-state index contributed by atoms with van der Waals surface area (Å²) in [5.41, 5.74) is 0. The van der Waals surface area contributed by atoms with Gasteiger partial charge >= 0.3 is 0 Å². The van der Waals surface area contributed by atoms with Crippen molar-refractivity contribution in [2.45, 2.75) is 0 Å². The van der Waals surface area contributed by atoms with E-state index in [9.17, 15) is 4.39 Å². The molecule has 0 amide bonds. The van der Waals surface area contributed by atoms with E-state index in [2.05, 4.69) is 6.07 Å². The van der Waals surface area contributed by atoms with Crippen molar-refractivity contribution in [2.24, 2.45) is 0 Å². The Morgan fingerprint density at radius 1 is 1.60 bits per heavy atom. The number of halogens is 1. The van der Waals surface area contributed by atoms with E-state index < -0.39 is 0 Å². The van der Waals surface area contributed by atoms with Crippen molar-refractivity contribution in [3.8, 4) is 5.75 Å². The van der Waals surface area contributed by atoms with Crippen LogP contribution in [0, 0.1) is 11.9 Å². The summed E-state index contributed by atoms with van der Waals surface area (Å²) >= 11 is 0. The van der Waals surface area contributed by atoms with Gasteiger partial charge in [0.05, 0.1) is 7.11 Å². The van der Waals surface area contributed by atoms with Crippen LogP contribution in [-0.2, 0) is 32.7 Å². The summed E-state index contributed by atoms with van der Waals surface area (Å²) in [6.45, 7) is 0. The molecule has 0 aliphatic heterocycles.